The van der Waals surface area contributed by atoms with Crippen LogP contribution in [0.3, 0.4) is 0 Å². The molecule has 2 rings (SSSR count). The van der Waals surface area contributed by atoms with Gasteiger partial charge in [0.05, 0.1) is 13.7 Å². The first-order chi connectivity index (χ1) is 10.1. The molecule has 0 spiro atoms. The Kier molecular flexibility index (Phi) is 5.58. The largest absolute Gasteiger partial charge is 0.497 e. The maximum Gasteiger partial charge on any atom is 0.209 e. The van der Waals surface area contributed by atoms with Crippen LogP contribution in [0.25, 0.3) is 0 Å². The topological polar surface area (TPSA) is 56.1 Å². The highest BCUT2D eigenvalue weighted by Crippen LogP contribution is 2.34. The number of likely N-dealkylation sites (N-methyl/N-ethyl adjacent to an activating group) is 1. The average Bonchev–Trinajstić information content (AvgIpc) is 2.92. The van der Waals surface area contributed by atoms with E-state index in [1.54, 1.807) is 18.9 Å². The Bertz CT molecular complexity index is 572. The van der Waals surface area contributed by atoms with E-state index in [0.29, 0.717) is 0 Å². The molecule has 0 fully saturated rings. The standard InChI is InChI=1S/C14H21N5OS/c1-11(12-6-5-7-13(10-12)20-4)21-14-15-16-17-19(14)9-8-18(2)3/h5-7,10-11H,8-9H2,1-4H3/t11-/m1/s1. The molecule has 0 aliphatic heterocycles. The lowest BCUT2D eigenvalue weighted by Crippen LogP contribution is -2.19. The van der Waals surface area contributed by atoms with Crippen LogP contribution in [-0.2, 0) is 6.54 Å². The van der Waals surface area contributed by atoms with Crippen molar-refractivity contribution in [1.82, 2.24) is 25.1 Å². The van der Waals surface area contributed by atoms with Gasteiger partial charge in [-0.05, 0) is 49.1 Å². The van der Waals surface area contributed by atoms with Crippen molar-refractivity contribution in [3.63, 3.8) is 0 Å². The third-order valence-electron chi connectivity index (χ3n) is 3.10. The van der Waals surface area contributed by atoms with Crippen LogP contribution in [0, 0.1) is 0 Å². The Balaban J connectivity index is 2.05. The fraction of sp³-hybridized carbons (Fsp3) is 0.500. The van der Waals surface area contributed by atoms with E-state index < -0.39 is 0 Å². The van der Waals surface area contributed by atoms with Crippen molar-refractivity contribution < 1.29 is 4.74 Å². The first-order valence-corrected chi connectivity index (χ1v) is 7.69. The lowest BCUT2D eigenvalue weighted by molar-refractivity contribution is 0.361. The molecule has 0 aliphatic rings. The van der Waals surface area contributed by atoms with Gasteiger partial charge in [0.25, 0.3) is 0 Å². The van der Waals surface area contributed by atoms with Crippen molar-refractivity contribution in [2.24, 2.45) is 0 Å². The van der Waals surface area contributed by atoms with E-state index in [1.807, 2.05) is 37.0 Å². The number of aromatic nitrogens is 4. The van der Waals surface area contributed by atoms with Gasteiger partial charge >= 0.3 is 0 Å². The molecule has 0 saturated heterocycles. The van der Waals surface area contributed by atoms with Gasteiger partial charge in [-0.15, -0.1) is 5.10 Å². The van der Waals surface area contributed by atoms with Crippen LogP contribution in [0.1, 0.15) is 17.7 Å². The van der Waals surface area contributed by atoms with E-state index in [1.165, 1.54) is 5.56 Å². The molecule has 1 aromatic heterocycles. The normalized spacial score (nSPS) is 12.6. The maximum absolute atomic E-state index is 5.27. The summed E-state index contributed by atoms with van der Waals surface area (Å²) in [6.45, 7) is 3.84. The van der Waals surface area contributed by atoms with Crippen molar-refractivity contribution >= 4 is 11.8 Å². The molecule has 1 atom stereocenters. The molecule has 0 bridgehead atoms. The van der Waals surface area contributed by atoms with E-state index in [4.69, 9.17) is 4.74 Å². The third-order valence-corrected chi connectivity index (χ3v) is 4.23. The Morgan fingerprint density at radius 1 is 1.38 bits per heavy atom. The number of methoxy groups -OCH3 is 1. The van der Waals surface area contributed by atoms with Gasteiger partial charge in [0.1, 0.15) is 5.75 Å². The molecular formula is C14H21N5OS. The van der Waals surface area contributed by atoms with Gasteiger partial charge in [0.15, 0.2) is 0 Å². The zero-order valence-corrected chi connectivity index (χ0v) is 13.7. The zero-order chi connectivity index (χ0) is 15.2. The summed E-state index contributed by atoms with van der Waals surface area (Å²) in [6, 6.07) is 8.09. The van der Waals surface area contributed by atoms with Gasteiger partial charge < -0.3 is 9.64 Å². The van der Waals surface area contributed by atoms with Crippen molar-refractivity contribution in [3.8, 4) is 5.75 Å². The van der Waals surface area contributed by atoms with E-state index in [2.05, 4.69) is 33.4 Å². The summed E-state index contributed by atoms with van der Waals surface area (Å²) >= 11 is 1.65. The number of ether oxygens (including phenoxy) is 1. The summed E-state index contributed by atoms with van der Waals surface area (Å²) in [5, 5.41) is 13.0. The predicted molar refractivity (Wildman–Crippen MR) is 83.6 cm³/mol. The van der Waals surface area contributed by atoms with Gasteiger partial charge in [-0.25, -0.2) is 4.68 Å². The molecule has 7 heteroatoms. The second-order valence-electron chi connectivity index (χ2n) is 5.02. The first kappa shape index (κ1) is 15.8. The van der Waals surface area contributed by atoms with Crippen molar-refractivity contribution in [1.29, 1.82) is 0 Å². The molecule has 21 heavy (non-hydrogen) atoms. The van der Waals surface area contributed by atoms with Crippen LogP contribution in [0.4, 0.5) is 0 Å². The molecule has 0 saturated carbocycles. The molecule has 1 heterocycles. The van der Waals surface area contributed by atoms with Crippen molar-refractivity contribution in [2.75, 3.05) is 27.7 Å². The number of hydrogen-bond donors (Lipinski definition) is 0. The molecule has 114 valence electrons. The van der Waals surface area contributed by atoms with Crippen LogP contribution < -0.4 is 4.74 Å². The van der Waals surface area contributed by atoms with Crippen molar-refractivity contribution in [2.45, 2.75) is 23.9 Å². The highest BCUT2D eigenvalue weighted by Gasteiger charge is 2.14. The van der Waals surface area contributed by atoms with Gasteiger partial charge in [0, 0.05) is 11.8 Å². The van der Waals surface area contributed by atoms with Crippen LogP contribution in [0.15, 0.2) is 29.4 Å². The van der Waals surface area contributed by atoms with E-state index >= 15 is 0 Å². The van der Waals surface area contributed by atoms with E-state index in [9.17, 15) is 0 Å². The molecule has 0 aliphatic carbocycles. The molecule has 0 amide bonds. The van der Waals surface area contributed by atoms with Gasteiger partial charge in [0.2, 0.25) is 5.16 Å². The summed E-state index contributed by atoms with van der Waals surface area (Å²) in [5.41, 5.74) is 1.20. The van der Waals surface area contributed by atoms with E-state index in [-0.39, 0.29) is 5.25 Å². The number of nitrogens with zero attached hydrogens (tertiary/aromatic N) is 5. The lowest BCUT2D eigenvalue weighted by Gasteiger charge is -2.13. The number of benzene rings is 1. The minimum Gasteiger partial charge on any atom is -0.497 e. The monoisotopic (exact) mass is 307 g/mol. The average molecular weight is 307 g/mol. The Morgan fingerprint density at radius 3 is 2.90 bits per heavy atom. The van der Waals surface area contributed by atoms with E-state index in [0.717, 1.165) is 24.0 Å². The molecular weight excluding hydrogens is 286 g/mol. The first-order valence-electron chi connectivity index (χ1n) is 6.81. The SMILES string of the molecule is COc1cccc([C@@H](C)Sc2nnnn2CCN(C)C)c1. The van der Waals surface area contributed by atoms with Crippen LogP contribution in [0.2, 0.25) is 0 Å². The molecule has 6 nitrogen and oxygen atoms in total. The summed E-state index contributed by atoms with van der Waals surface area (Å²) in [5.74, 6) is 0.868. The number of rotatable bonds is 7. The summed E-state index contributed by atoms with van der Waals surface area (Å²) in [7, 11) is 5.75. The molecule has 0 radical (unpaired) electrons. The highest BCUT2D eigenvalue weighted by atomic mass is 32.2. The predicted octanol–water partition coefficient (Wildman–Crippen LogP) is 2.10. The van der Waals surface area contributed by atoms with Gasteiger partial charge in [-0.2, -0.15) is 0 Å². The Labute approximate surface area is 129 Å². The van der Waals surface area contributed by atoms with Crippen LogP contribution >= 0.6 is 11.8 Å². The minimum absolute atomic E-state index is 0.254. The van der Waals surface area contributed by atoms with Crippen LogP contribution in [0.5, 0.6) is 5.75 Å². The van der Waals surface area contributed by atoms with Gasteiger partial charge in [-0.3, -0.25) is 0 Å². The molecule has 0 N–H and O–H groups in total. The molecule has 0 unspecified atom stereocenters. The Morgan fingerprint density at radius 2 is 2.19 bits per heavy atom. The van der Waals surface area contributed by atoms with Crippen LogP contribution in [-0.4, -0.2) is 52.9 Å². The zero-order valence-electron chi connectivity index (χ0n) is 12.9. The number of thioether (sulfide) groups is 1. The third kappa shape index (κ3) is 4.44. The fourth-order valence-electron chi connectivity index (χ4n) is 1.84. The summed E-state index contributed by atoms with van der Waals surface area (Å²) in [4.78, 5) is 2.11. The van der Waals surface area contributed by atoms with Gasteiger partial charge in [-0.1, -0.05) is 23.9 Å². The smallest absolute Gasteiger partial charge is 0.209 e. The summed E-state index contributed by atoms with van der Waals surface area (Å²) < 4.78 is 7.12. The van der Waals surface area contributed by atoms with Crippen molar-refractivity contribution in [3.05, 3.63) is 29.8 Å². The highest BCUT2D eigenvalue weighted by molar-refractivity contribution is 7.99. The second-order valence-corrected chi connectivity index (χ2v) is 6.33. The quantitative estimate of drug-likeness (QED) is 0.730. The Hall–Kier alpha value is -1.60. The second kappa shape index (κ2) is 7.42. The number of tetrazole rings is 1. The maximum atomic E-state index is 5.27. The molecule has 1 aromatic carbocycles. The minimum atomic E-state index is 0.254. The number of hydrogen-bond acceptors (Lipinski definition) is 6. The molecule has 2 aromatic rings. The lowest BCUT2D eigenvalue weighted by atomic mass is 10.1. The summed E-state index contributed by atoms with van der Waals surface area (Å²) in [6.07, 6.45) is 0. The fourth-order valence-corrected chi connectivity index (χ4v) is 2.77.